The summed E-state index contributed by atoms with van der Waals surface area (Å²) in [6.45, 7) is 5.95. The van der Waals surface area contributed by atoms with Crippen LogP contribution in [-0.2, 0) is 39.8 Å². The maximum Gasteiger partial charge on any atom is 0.244 e. The fourth-order valence-corrected chi connectivity index (χ4v) is 6.90. The summed E-state index contributed by atoms with van der Waals surface area (Å²) in [5.41, 5.74) is 0.610. The fourth-order valence-electron chi connectivity index (χ4n) is 5.14. The van der Waals surface area contributed by atoms with Gasteiger partial charge >= 0.3 is 0 Å². The second-order valence-electron chi connectivity index (χ2n) is 9.97. The summed E-state index contributed by atoms with van der Waals surface area (Å²) >= 11 is 0. The van der Waals surface area contributed by atoms with E-state index in [2.05, 4.69) is 15.1 Å². The molecule has 5 rings (SSSR count). The Balaban J connectivity index is 0.00000353. The van der Waals surface area contributed by atoms with Crippen molar-refractivity contribution in [3.8, 4) is 0 Å². The molecule has 0 aliphatic carbocycles. The Morgan fingerprint density at radius 3 is 2.44 bits per heavy atom. The molecule has 1 N–H and O–H groups in total. The molecule has 1 saturated heterocycles. The van der Waals surface area contributed by atoms with Crippen LogP contribution in [0.15, 0.2) is 41.3 Å². The molecule has 0 saturated carbocycles. The zero-order valence-electron chi connectivity index (χ0n) is 21.3. The Bertz CT molecular complexity index is 1490. The molecule has 1 fully saturated rings. The summed E-state index contributed by atoms with van der Waals surface area (Å²) in [6, 6.07) is 6.64. The number of carbonyl (C=O) groups excluding carboxylic acids is 1. The van der Waals surface area contributed by atoms with E-state index in [9.17, 15) is 26.4 Å². The summed E-state index contributed by atoms with van der Waals surface area (Å²) in [6.07, 6.45) is -0.224. The van der Waals surface area contributed by atoms with Gasteiger partial charge in [0.15, 0.2) is 5.78 Å². The minimum absolute atomic E-state index is 0. The summed E-state index contributed by atoms with van der Waals surface area (Å²) in [7, 11) is -4.32. The number of nitrogens with zero attached hydrogens (tertiary/aromatic N) is 3. The molecule has 3 aromatic rings. The summed E-state index contributed by atoms with van der Waals surface area (Å²) < 4.78 is 75.7. The van der Waals surface area contributed by atoms with Crippen LogP contribution in [0.2, 0.25) is 0 Å². The average Bonchev–Trinajstić information content (AvgIpc) is 3.37. The normalized spacial score (nSPS) is 17.6. The van der Waals surface area contributed by atoms with Crippen LogP contribution in [0.25, 0.3) is 0 Å². The van der Waals surface area contributed by atoms with E-state index in [1.807, 2.05) is 0 Å². The number of sulfonamides is 1. The molecule has 2 aliphatic heterocycles. The van der Waals surface area contributed by atoms with E-state index >= 15 is 0 Å². The lowest BCUT2D eigenvalue weighted by Gasteiger charge is -2.30. The Morgan fingerprint density at radius 2 is 1.77 bits per heavy atom. The molecule has 0 bridgehead atoms. The van der Waals surface area contributed by atoms with E-state index in [0.29, 0.717) is 61.4 Å². The molecule has 39 heavy (non-hydrogen) atoms. The number of H-pyrrole nitrogens is 1. The third-order valence-corrected chi connectivity index (χ3v) is 9.09. The van der Waals surface area contributed by atoms with Crippen LogP contribution >= 0.6 is 12.4 Å². The number of nitrogens with one attached hydrogen (secondary N) is 1. The van der Waals surface area contributed by atoms with E-state index < -0.39 is 43.7 Å². The second-order valence-corrected chi connectivity index (χ2v) is 11.8. The first-order chi connectivity index (χ1) is 18.0. The van der Waals surface area contributed by atoms with Gasteiger partial charge < -0.3 is 4.74 Å². The average molecular weight is 585 g/mol. The van der Waals surface area contributed by atoms with Crippen LogP contribution in [0.4, 0.5) is 13.2 Å². The van der Waals surface area contributed by atoms with Crippen LogP contribution in [0.1, 0.15) is 46.7 Å². The number of rotatable bonds is 7. The number of hydrogen-bond donors (Lipinski definition) is 1. The maximum absolute atomic E-state index is 14.9. The first kappa shape index (κ1) is 29.2. The highest BCUT2D eigenvalue weighted by atomic mass is 35.5. The molecular formula is C26H28ClF3N4O4S. The molecule has 0 atom stereocenters. The van der Waals surface area contributed by atoms with Crippen LogP contribution < -0.4 is 0 Å². The number of ketones is 1. The van der Waals surface area contributed by atoms with Gasteiger partial charge in [-0.3, -0.25) is 14.8 Å². The smallest absolute Gasteiger partial charge is 0.244 e. The van der Waals surface area contributed by atoms with Crippen molar-refractivity contribution in [2.75, 3.05) is 26.3 Å². The van der Waals surface area contributed by atoms with Crippen molar-refractivity contribution in [2.45, 2.75) is 43.8 Å². The highest BCUT2D eigenvalue weighted by Crippen LogP contribution is 2.42. The van der Waals surface area contributed by atoms with Crippen LogP contribution in [0, 0.1) is 17.5 Å². The van der Waals surface area contributed by atoms with Gasteiger partial charge in [0.1, 0.15) is 17.5 Å². The molecule has 0 spiro atoms. The van der Waals surface area contributed by atoms with Gasteiger partial charge in [-0.05, 0) is 37.6 Å². The monoisotopic (exact) mass is 584 g/mol. The van der Waals surface area contributed by atoms with Crippen molar-refractivity contribution in [3.63, 3.8) is 0 Å². The summed E-state index contributed by atoms with van der Waals surface area (Å²) in [5.74, 6) is -3.12. The number of fused-ring (bicyclic) bond motifs is 1. The van der Waals surface area contributed by atoms with Crippen molar-refractivity contribution in [2.24, 2.45) is 0 Å². The highest BCUT2D eigenvalue weighted by molar-refractivity contribution is 7.89. The number of Topliss-reactive ketones (excluding diaryl/α,β-unsaturated/α-hetero) is 1. The third-order valence-electron chi connectivity index (χ3n) is 7.10. The number of halogens is 4. The van der Waals surface area contributed by atoms with Crippen LogP contribution in [-0.4, -0.2) is 59.9 Å². The van der Waals surface area contributed by atoms with Crippen molar-refractivity contribution in [1.29, 1.82) is 0 Å². The molecule has 210 valence electrons. The minimum Gasteiger partial charge on any atom is -0.379 e. The number of carbonyl (C=O) groups is 1. The molecule has 2 aliphatic rings. The Labute approximate surface area is 230 Å². The Hall–Kier alpha value is -2.77. The number of benzene rings is 2. The summed E-state index contributed by atoms with van der Waals surface area (Å²) in [4.78, 5) is 15.0. The lowest BCUT2D eigenvalue weighted by Crippen LogP contribution is -2.40. The zero-order valence-corrected chi connectivity index (χ0v) is 23.0. The van der Waals surface area contributed by atoms with Gasteiger partial charge in [0.05, 0.1) is 41.3 Å². The van der Waals surface area contributed by atoms with Gasteiger partial charge in [-0.25, -0.2) is 21.6 Å². The number of aromatic nitrogens is 2. The van der Waals surface area contributed by atoms with Crippen molar-refractivity contribution in [3.05, 3.63) is 81.9 Å². The molecule has 0 amide bonds. The lowest BCUT2D eigenvalue weighted by molar-refractivity contribution is 0.0340. The second kappa shape index (κ2) is 11.0. The SMILES string of the molecule is CC1(C)c2n[nH]c(CC(=O)c3c(F)cccc3CN3CCOCC3)c2CN1S(=O)(=O)c1cc(F)cc(F)c1.Cl. The van der Waals surface area contributed by atoms with E-state index in [1.54, 1.807) is 26.0 Å². The number of morpholine rings is 1. The first-order valence-electron chi connectivity index (χ1n) is 12.1. The van der Waals surface area contributed by atoms with Gasteiger partial charge in [0, 0.05) is 43.5 Å². The first-order valence-corrected chi connectivity index (χ1v) is 13.6. The molecule has 0 unspecified atom stereocenters. The fraction of sp³-hybridized carbons (Fsp3) is 0.385. The predicted octanol–water partition coefficient (Wildman–Crippen LogP) is 3.95. The van der Waals surface area contributed by atoms with Gasteiger partial charge in [-0.2, -0.15) is 9.40 Å². The molecule has 8 nitrogen and oxygen atoms in total. The predicted molar refractivity (Wildman–Crippen MR) is 138 cm³/mol. The van der Waals surface area contributed by atoms with Crippen LogP contribution in [0.5, 0.6) is 0 Å². The van der Waals surface area contributed by atoms with Crippen molar-refractivity contribution in [1.82, 2.24) is 19.4 Å². The number of ether oxygens (including phenoxy) is 1. The van der Waals surface area contributed by atoms with E-state index in [0.717, 1.165) is 16.4 Å². The largest absolute Gasteiger partial charge is 0.379 e. The molecule has 1 aromatic heterocycles. The standard InChI is InChI=1S/C26H27F3N4O4S.ClH/c1-26(2)25-20(15-33(26)38(35,36)19-11-17(27)10-18(28)12-19)22(30-31-25)13-23(34)24-16(4-3-5-21(24)29)14-32-6-8-37-9-7-32;/h3-5,10-12H,6-9,13-15H2,1-2H3,(H,30,31);1H. The van der Waals surface area contributed by atoms with Gasteiger partial charge in [0.2, 0.25) is 10.0 Å². The molecule has 0 radical (unpaired) electrons. The van der Waals surface area contributed by atoms with E-state index in [1.165, 1.54) is 6.07 Å². The zero-order chi connectivity index (χ0) is 27.2. The molecule has 13 heteroatoms. The topological polar surface area (TPSA) is 95.6 Å². The number of aromatic amines is 1. The van der Waals surface area contributed by atoms with Crippen molar-refractivity contribution >= 4 is 28.2 Å². The van der Waals surface area contributed by atoms with Crippen LogP contribution in [0.3, 0.4) is 0 Å². The van der Waals surface area contributed by atoms with Gasteiger partial charge in [-0.15, -0.1) is 12.4 Å². The maximum atomic E-state index is 14.9. The van der Waals surface area contributed by atoms with E-state index in [-0.39, 0.29) is 30.9 Å². The third kappa shape index (κ3) is 5.48. The van der Waals surface area contributed by atoms with Crippen molar-refractivity contribution < 1.29 is 31.1 Å². The highest BCUT2D eigenvalue weighted by Gasteiger charge is 2.48. The van der Waals surface area contributed by atoms with Gasteiger partial charge in [-0.1, -0.05) is 12.1 Å². The molecule has 3 heterocycles. The molecular weight excluding hydrogens is 557 g/mol. The summed E-state index contributed by atoms with van der Waals surface area (Å²) in [5, 5.41) is 7.10. The number of hydrogen-bond acceptors (Lipinski definition) is 6. The Morgan fingerprint density at radius 1 is 1.10 bits per heavy atom. The lowest BCUT2D eigenvalue weighted by atomic mass is 9.96. The molecule has 2 aromatic carbocycles. The minimum atomic E-state index is -4.32. The van der Waals surface area contributed by atoms with E-state index in [4.69, 9.17) is 4.74 Å². The quantitative estimate of drug-likeness (QED) is 0.423. The Kier molecular flexibility index (Phi) is 8.25. The van der Waals surface area contributed by atoms with Gasteiger partial charge in [0.25, 0.3) is 0 Å².